The number of aromatic nitrogens is 3. The summed E-state index contributed by atoms with van der Waals surface area (Å²) in [6, 6.07) is 7.94. The van der Waals surface area contributed by atoms with Gasteiger partial charge in [-0.15, -0.1) is 11.3 Å². The third-order valence-corrected chi connectivity index (χ3v) is 4.56. The summed E-state index contributed by atoms with van der Waals surface area (Å²) in [5, 5.41) is 5.25. The molecule has 0 aliphatic rings. The van der Waals surface area contributed by atoms with Gasteiger partial charge in [0.05, 0.1) is 19.4 Å². The molecule has 0 aliphatic heterocycles. The maximum atomic E-state index is 13.5. The van der Waals surface area contributed by atoms with Crippen LogP contribution in [0.1, 0.15) is 34.4 Å². The van der Waals surface area contributed by atoms with Gasteiger partial charge < -0.3 is 9.47 Å². The third kappa shape index (κ3) is 4.83. The second-order valence-corrected chi connectivity index (χ2v) is 6.54. The summed E-state index contributed by atoms with van der Waals surface area (Å²) in [6.07, 6.45) is -1.54. The van der Waals surface area contributed by atoms with Crippen LogP contribution in [0.15, 0.2) is 35.7 Å². The fraction of sp³-hybridized carbons (Fsp3) is 0.211. The zero-order valence-electron chi connectivity index (χ0n) is 15.4. The smallest absolute Gasteiger partial charge is 0.433 e. The quantitative estimate of drug-likeness (QED) is 0.538. The number of hydrogen-bond acceptors (Lipinski definition) is 6. The van der Waals surface area contributed by atoms with Crippen LogP contribution in [0.2, 0.25) is 0 Å². The highest BCUT2D eigenvalue weighted by atomic mass is 32.1. The normalized spacial score (nSPS) is 11.8. The number of carbonyl (C=O) groups is 1. The minimum absolute atomic E-state index is 0.0641. The molecule has 0 aliphatic carbocycles. The lowest BCUT2D eigenvalue weighted by Crippen LogP contribution is -2.13. The van der Waals surface area contributed by atoms with Crippen molar-refractivity contribution < 1.29 is 27.4 Å². The Bertz CT molecular complexity index is 1020. The Morgan fingerprint density at radius 2 is 1.97 bits per heavy atom. The Balaban J connectivity index is 1.92. The van der Waals surface area contributed by atoms with E-state index in [9.17, 15) is 18.0 Å². The van der Waals surface area contributed by atoms with Crippen LogP contribution in [-0.4, -0.2) is 34.5 Å². The summed E-state index contributed by atoms with van der Waals surface area (Å²) in [6.45, 7) is 1.77. The monoisotopic (exact) mass is 423 g/mol. The fourth-order valence-electron chi connectivity index (χ4n) is 2.39. The summed E-state index contributed by atoms with van der Waals surface area (Å²) in [7, 11) is 1.54. The largest absolute Gasteiger partial charge is 0.497 e. The van der Waals surface area contributed by atoms with E-state index in [2.05, 4.69) is 10.1 Å². The number of ether oxygens (including phenoxy) is 2. The van der Waals surface area contributed by atoms with Crippen molar-refractivity contribution in [3.63, 3.8) is 0 Å². The summed E-state index contributed by atoms with van der Waals surface area (Å²) in [4.78, 5) is 15.7. The minimum Gasteiger partial charge on any atom is -0.497 e. The van der Waals surface area contributed by atoms with Crippen LogP contribution in [0, 0.1) is 0 Å². The number of carbonyl (C=O) groups excluding carboxylic acids is 1. The molecular formula is C19H16F3N3O3S. The highest BCUT2D eigenvalue weighted by molar-refractivity contribution is 7.12. The SMILES string of the molecule is CCOC(=O)c1csc(-n2nc(/C=C/c3ccc(OC)cc3)cc2C(F)(F)F)n1. The van der Waals surface area contributed by atoms with Crippen LogP contribution < -0.4 is 4.74 Å². The maximum Gasteiger partial charge on any atom is 0.433 e. The van der Waals surface area contributed by atoms with E-state index in [0.717, 1.165) is 23.0 Å². The van der Waals surface area contributed by atoms with Crippen molar-refractivity contribution in [3.8, 4) is 10.9 Å². The average molecular weight is 423 g/mol. The topological polar surface area (TPSA) is 66.2 Å². The van der Waals surface area contributed by atoms with Crippen molar-refractivity contribution in [1.82, 2.24) is 14.8 Å². The van der Waals surface area contributed by atoms with Gasteiger partial charge in [-0.25, -0.2) is 14.5 Å². The van der Waals surface area contributed by atoms with Crippen molar-refractivity contribution in [2.24, 2.45) is 0 Å². The third-order valence-electron chi connectivity index (χ3n) is 3.74. The van der Waals surface area contributed by atoms with Gasteiger partial charge in [0.2, 0.25) is 5.13 Å². The molecule has 29 heavy (non-hydrogen) atoms. The number of methoxy groups -OCH3 is 1. The van der Waals surface area contributed by atoms with Gasteiger partial charge in [0.1, 0.15) is 5.75 Å². The van der Waals surface area contributed by atoms with E-state index in [1.807, 2.05) is 0 Å². The maximum absolute atomic E-state index is 13.5. The van der Waals surface area contributed by atoms with Crippen LogP contribution in [0.3, 0.4) is 0 Å². The second kappa shape index (κ2) is 8.48. The molecule has 0 radical (unpaired) electrons. The fourth-order valence-corrected chi connectivity index (χ4v) is 3.14. The molecule has 2 aromatic heterocycles. The lowest BCUT2D eigenvalue weighted by Gasteiger charge is -2.06. The zero-order valence-corrected chi connectivity index (χ0v) is 16.3. The van der Waals surface area contributed by atoms with E-state index in [4.69, 9.17) is 9.47 Å². The first kappa shape index (κ1) is 20.6. The van der Waals surface area contributed by atoms with Gasteiger partial charge in [-0.2, -0.15) is 18.3 Å². The Kier molecular flexibility index (Phi) is 6.02. The zero-order chi connectivity index (χ0) is 21.0. The molecule has 6 nitrogen and oxygen atoms in total. The van der Waals surface area contributed by atoms with E-state index in [1.54, 1.807) is 44.4 Å². The first-order chi connectivity index (χ1) is 13.8. The van der Waals surface area contributed by atoms with Crippen LogP contribution in [0.4, 0.5) is 13.2 Å². The first-order valence-electron chi connectivity index (χ1n) is 8.44. The summed E-state index contributed by atoms with van der Waals surface area (Å²) in [5.74, 6) is -0.0256. The molecule has 3 rings (SSSR count). The Morgan fingerprint density at radius 3 is 2.59 bits per heavy atom. The molecule has 0 saturated heterocycles. The molecule has 0 N–H and O–H groups in total. The van der Waals surface area contributed by atoms with Crippen molar-refractivity contribution in [2.45, 2.75) is 13.1 Å². The second-order valence-electron chi connectivity index (χ2n) is 5.71. The van der Waals surface area contributed by atoms with E-state index in [0.29, 0.717) is 10.4 Å². The molecule has 2 heterocycles. The minimum atomic E-state index is -4.64. The van der Waals surface area contributed by atoms with Gasteiger partial charge in [0.25, 0.3) is 0 Å². The number of hydrogen-bond donors (Lipinski definition) is 0. The molecular weight excluding hydrogens is 407 g/mol. The van der Waals surface area contributed by atoms with Crippen molar-refractivity contribution in [1.29, 1.82) is 0 Å². The lowest BCUT2D eigenvalue weighted by molar-refractivity contribution is -0.142. The van der Waals surface area contributed by atoms with Crippen molar-refractivity contribution >= 4 is 29.5 Å². The summed E-state index contributed by atoms with van der Waals surface area (Å²) < 4.78 is 51.0. The van der Waals surface area contributed by atoms with Gasteiger partial charge in [-0.05, 0) is 36.8 Å². The molecule has 152 valence electrons. The Morgan fingerprint density at radius 1 is 1.24 bits per heavy atom. The standard InChI is InChI=1S/C19H16F3N3O3S/c1-3-28-17(26)15-11-29-18(23-15)25-16(19(20,21)22)10-13(24-25)7-4-12-5-8-14(27-2)9-6-12/h4-11H,3H2,1-2H3/b7-4+. The van der Waals surface area contributed by atoms with Gasteiger partial charge in [-0.3, -0.25) is 0 Å². The highest BCUT2D eigenvalue weighted by Crippen LogP contribution is 2.32. The molecule has 1 aromatic carbocycles. The summed E-state index contributed by atoms with van der Waals surface area (Å²) >= 11 is 0.870. The van der Waals surface area contributed by atoms with E-state index < -0.39 is 17.8 Å². The van der Waals surface area contributed by atoms with Gasteiger partial charge in [0.15, 0.2) is 11.4 Å². The van der Waals surface area contributed by atoms with Crippen LogP contribution in [-0.2, 0) is 10.9 Å². The first-order valence-corrected chi connectivity index (χ1v) is 9.32. The predicted molar refractivity (Wildman–Crippen MR) is 102 cm³/mol. The molecule has 0 amide bonds. The van der Waals surface area contributed by atoms with E-state index in [-0.39, 0.29) is 23.1 Å². The Hall–Kier alpha value is -3.14. The number of benzene rings is 1. The van der Waals surface area contributed by atoms with Gasteiger partial charge in [-0.1, -0.05) is 18.2 Å². The molecule has 0 bridgehead atoms. The highest BCUT2D eigenvalue weighted by Gasteiger charge is 2.37. The molecule has 0 unspecified atom stereocenters. The predicted octanol–water partition coefficient (Wildman–Crippen LogP) is 4.70. The van der Waals surface area contributed by atoms with Crippen LogP contribution in [0.5, 0.6) is 5.75 Å². The Labute approximate surface area is 168 Å². The van der Waals surface area contributed by atoms with Crippen LogP contribution in [0.25, 0.3) is 17.3 Å². The molecule has 3 aromatic rings. The molecule has 0 fully saturated rings. The number of nitrogens with zero attached hydrogens (tertiary/aromatic N) is 3. The van der Waals surface area contributed by atoms with Crippen molar-refractivity contribution in [3.05, 3.63) is 58.4 Å². The van der Waals surface area contributed by atoms with E-state index in [1.165, 1.54) is 11.5 Å². The average Bonchev–Trinajstić information content (AvgIpc) is 3.34. The van der Waals surface area contributed by atoms with Crippen molar-refractivity contribution in [2.75, 3.05) is 13.7 Å². The van der Waals surface area contributed by atoms with Gasteiger partial charge >= 0.3 is 12.1 Å². The van der Waals surface area contributed by atoms with Gasteiger partial charge in [0, 0.05) is 5.38 Å². The summed E-state index contributed by atoms with van der Waals surface area (Å²) in [5.41, 5.74) is -0.184. The number of alkyl halides is 3. The van der Waals surface area contributed by atoms with Crippen LogP contribution >= 0.6 is 11.3 Å². The number of thiazole rings is 1. The lowest BCUT2D eigenvalue weighted by atomic mass is 10.2. The molecule has 0 spiro atoms. The molecule has 10 heteroatoms. The molecule has 0 atom stereocenters. The number of esters is 1. The molecule has 0 saturated carbocycles. The number of rotatable bonds is 6. The van der Waals surface area contributed by atoms with E-state index >= 15 is 0 Å². The number of halogens is 3.